The van der Waals surface area contributed by atoms with Gasteiger partial charge >= 0.3 is 0 Å². The van der Waals surface area contributed by atoms with Crippen molar-refractivity contribution >= 4 is 0 Å². The third kappa shape index (κ3) is 3.36. The maximum Gasteiger partial charge on any atom is 0.120 e. The third-order valence-electron chi connectivity index (χ3n) is 1.87. The smallest absolute Gasteiger partial charge is 0.120 e. The number of hydrogen-bond donors (Lipinski definition) is 1. The van der Waals surface area contributed by atoms with Crippen LogP contribution in [0.5, 0.6) is 5.75 Å². The number of rotatable bonds is 5. The summed E-state index contributed by atoms with van der Waals surface area (Å²) in [6, 6.07) is 7.79. The van der Waals surface area contributed by atoms with Crippen molar-refractivity contribution in [3.63, 3.8) is 0 Å². The summed E-state index contributed by atoms with van der Waals surface area (Å²) >= 11 is 0. The van der Waals surface area contributed by atoms with E-state index in [1.54, 1.807) is 7.11 Å². The predicted molar refractivity (Wildman–Crippen MR) is 56.3 cm³/mol. The van der Waals surface area contributed by atoms with Crippen LogP contribution in [0.4, 0.5) is 0 Å². The lowest BCUT2D eigenvalue weighted by atomic mass is 10.2. The molecule has 1 aromatic rings. The van der Waals surface area contributed by atoms with Gasteiger partial charge < -0.3 is 15.2 Å². The first-order chi connectivity index (χ1) is 6.76. The first-order valence-corrected chi connectivity index (χ1v) is 4.71. The van der Waals surface area contributed by atoms with Crippen LogP contribution in [-0.4, -0.2) is 19.8 Å². The second-order valence-electron chi connectivity index (χ2n) is 3.24. The minimum absolute atomic E-state index is 0.0630. The van der Waals surface area contributed by atoms with E-state index in [1.165, 1.54) is 0 Å². The largest absolute Gasteiger partial charge is 0.488 e. The molecular weight excluding hydrogens is 178 g/mol. The monoisotopic (exact) mass is 195 g/mol. The van der Waals surface area contributed by atoms with E-state index in [4.69, 9.17) is 15.2 Å². The Labute approximate surface area is 84.8 Å². The van der Waals surface area contributed by atoms with Crippen LogP contribution >= 0.6 is 0 Å². The van der Waals surface area contributed by atoms with Crippen LogP contribution in [0.15, 0.2) is 24.3 Å². The van der Waals surface area contributed by atoms with E-state index in [9.17, 15) is 0 Å². The fraction of sp³-hybridized carbons (Fsp3) is 0.455. The van der Waals surface area contributed by atoms with E-state index in [2.05, 4.69) is 0 Å². The van der Waals surface area contributed by atoms with Crippen LogP contribution in [0.3, 0.4) is 0 Å². The number of hydrogen-bond acceptors (Lipinski definition) is 3. The van der Waals surface area contributed by atoms with Gasteiger partial charge in [-0.25, -0.2) is 0 Å². The van der Waals surface area contributed by atoms with Crippen molar-refractivity contribution < 1.29 is 9.47 Å². The first kappa shape index (κ1) is 11.0. The van der Waals surface area contributed by atoms with Crippen molar-refractivity contribution in [1.29, 1.82) is 0 Å². The number of ether oxygens (including phenoxy) is 2. The van der Waals surface area contributed by atoms with Gasteiger partial charge in [0.2, 0.25) is 0 Å². The second-order valence-corrected chi connectivity index (χ2v) is 3.24. The number of benzene rings is 1. The van der Waals surface area contributed by atoms with Crippen LogP contribution in [0, 0.1) is 0 Å². The molecule has 0 fully saturated rings. The fourth-order valence-electron chi connectivity index (χ4n) is 1.25. The van der Waals surface area contributed by atoms with Gasteiger partial charge in [0.25, 0.3) is 0 Å². The molecule has 3 heteroatoms. The van der Waals surface area contributed by atoms with Gasteiger partial charge in [0.05, 0.1) is 6.61 Å². The van der Waals surface area contributed by atoms with Crippen molar-refractivity contribution in [3.8, 4) is 5.75 Å². The zero-order valence-electron chi connectivity index (χ0n) is 8.69. The lowest BCUT2D eigenvalue weighted by molar-refractivity contribution is 0.0920. The van der Waals surface area contributed by atoms with Gasteiger partial charge in [-0.3, -0.25) is 0 Å². The summed E-state index contributed by atoms with van der Waals surface area (Å²) in [5, 5.41) is 0. The summed E-state index contributed by atoms with van der Waals surface area (Å²) in [6.07, 6.45) is 0.0630. The number of nitrogens with two attached hydrogens (primary N) is 1. The molecule has 3 nitrogen and oxygen atoms in total. The van der Waals surface area contributed by atoms with Crippen LogP contribution in [0.2, 0.25) is 0 Å². The second kappa shape index (κ2) is 5.62. The Morgan fingerprint density at radius 3 is 2.86 bits per heavy atom. The molecule has 78 valence electrons. The number of methoxy groups -OCH3 is 1. The quantitative estimate of drug-likeness (QED) is 0.775. The van der Waals surface area contributed by atoms with Crippen molar-refractivity contribution in [2.75, 3.05) is 13.7 Å². The van der Waals surface area contributed by atoms with Gasteiger partial charge in [-0.05, 0) is 24.6 Å². The highest BCUT2D eigenvalue weighted by Crippen LogP contribution is 2.14. The van der Waals surface area contributed by atoms with Crippen molar-refractivity contribution in [2.24, 2.45) is 5.73 Å². The average Bonchev–Trinajstić information content (AvgIpc) is 2.18. The predicted octanol–water partition coefficient (Wildman–Crippen LogP) is 1.56. The maximum atomic E-state index is 5.62. The molecule has 0 aliphatic rings. The standard InChI is InChI=1S/C11H17NO2/c1-9(8-13-2)14-11-5-3-4-10(6-11)7-12/h3-6,9H,7-8,12H2,1-2H3. The van der Waals surface area contributed by atoms with E-state index in [0.717, 1.165) is 11.3 Å². The first-order valence-electron chi connectivity index (χ1n) is 4.71. The van der Waals surface area contributed by atoms with E-state index in [1.807, 2.05) is 31.2 Å². The molecule has 0 aliphatic heterocycles. The van der Waals surface area contributed by atoms with Crippen molar-refractivity contribution in [2.45, 2.75) is 19.6 Å². The van der Waals surface area contributed by atoms with Crippen molar-refractivity contribution in [1.82, 2.24) is 0 Å². The highest BCUT2D eigenvalue weighted by atomic mass is 16.5. The summed E-state index contributed by atoms with van der Waals surface area (Å²) in [5.41, 5.74) is 6.60. The summed E-state index contributed by atoms with van der Waals surface area (Å²) in [5.74, 6) is 0.845. The molecule has 1 rings (SSSR count). The van der Waals surface area contributed by atoms with E-state index in [0.29, 0.717) is 13.2 Å². The van der Waals surface area contributed by atoms with Crippen LogP contribution in [0.1, 0.15) is 12.5 Å². The van der Waals surface area contributed by atoms with Crippen LogP contribution in [0.25, 0.3) is 0 Å². The molecule has 0 radical (unpaired) electrons. The Morgan fingerprint density at radius 2 is 2.21 bits per heavy atom. The topological polar surface area (TPSA) is 44.5 Å². The molecule has 0 saturated carbocycles. The molecule has 1 aromatic carbocycles. The SMILES string of the molecule is COCC(C)Oc1cccc(CN)c1. The van der Waals surface area contributed by atoms with Gasteiger partial charge in [0.1, 0.15) is 11.9 Å². The summed E-state index contributed by atoms with van der Waals surface area (Å²) < 4.78 is 10.6. The molecule has 0 amide bonds. The Hall–Kier alpha value is -1.06. The lowest BCUT2D eigenvalue weighted by Crippen LogP contribution is -2.18. The zero-order valence-corrected chi connectivity index (χ0v) is 8.69. The highest BCUT2D eigenvalue weighted by Gasteiger charge is 2.03. The van der Waals surface area contributed by atoms with Crippen LogP contribution in [-0.2, 0) is 11.3 Å². The van der Waals surface area contributed by atoms with Gasteiger partial charge in [-0.1, -0.05) is 12.1 Å². The van der Waals surface area contributed by atoms with E-state index in [-0.39, 0.29) is 6.10 Å². The van der Waals surface area contributed by atoms with Gasteiger partial charge in [0.15, 0.2) is 0 Å². The molecule has 1 unspecified atom stereocenters. The molecule has 0 bridgehead atoms. The molecule has 1 atom stereocenters. The lowest BCUT2D eigenvalue weighted by Gasteiger charge is -2.14. The fourth-order valence-corrected chi connectivity index (χ4v) is 1.25. The van der Waals surface area contributed by atoms with E-state index < -0.39 is 0 Å². The normalized spacial score (nSPS) is 12.5. The Bertz CT molecular complexity index is 276. The minimum Gasteiger partial charge on any atom is -0.488 e. The highest BCUT2D eigenvalue weighted by molar-refractivity contribution is 5.28. The maximum absolute atomic E-state index is 5.62. The Balaban J connectivity index is 2.57. The molecule has 0 aromatic heterocycles. The molecule has 14 heavy (non-hydrogen) atoms. The van der Waals surface area contributed by atoms with Crippen molar-refractivity contribution in [3.05, 3.63) is 29.8 Å². The summed E-state index contributed by atoms with van der Waals surface area (Å²) in [4.78, 5) is 0. The molecule has 2 N–H and O–H groups in total. The summed E-state index contributed by atoms with van der Waals surface area (Å²) in [6.45, 7) is 3.10. The van der Waals surface area contributed by atoms with Crippen LogP contribution < -0.4 is 10.5 Å². The average molecular weight is 195 g/mol. The van der Waals surface area contributed by atoms with Gasteiger partial charge in [0, 0.05) is 13.7 Å². The van der Waals surface area contributed by atoms with Gasteiger partial charge in [-0.15, -0.1) is 0 Å². The molecule has 0 aliphatic carbocycles. The molecule has 0 spiro atoms. The summed E-state index contributed by atoms with van der Waals surface area (Å²) in [7, 11) is 1.66. The molecule has 0 saturated heterocycles. The zero-order chi connectivity index (χ0) is 10.4. The third-order valence-corrected chi connectivity index (χ3v) is 1.87. The van der Waals surface area contributed by atoms with Gasteiger partial charge in [-0.2, -0.15) is 0 Å². The molecular formula is C11H17NO2. The minimum atomic E-state index is 0.0630. The Kier molecular flexibility index (Phi) is 4.43. The van der Waals surface area contributed by atoms with E-state index >= 15 is 0 Å². The molecule has 0 heterocycles. The Morgan fingerprint density at radius 1 is 1.43 bits per heavy atom.